The maximum atomic E-state index is 13.3. The van der Waals surface area contributed by atoms with Gasteiger partial charge >= 0.3 is 0 Å². The lowest BCUT2D eigenvalue weighted by Gasteiger charge is -2.44. The van der Waals surface area contributed by atoms with E-state index in [4.69, 9.17) is 4.74 Å². The van der Waals surface area contributed by atoms with E-state index in [1.165, 1.54) is 35.9 Å². The number of sulfonamides is 1. The molecule has 0 saturated carbocycles. The summed E-state index contributed by atoms with van der Waals surface area (Å²) in [5, 5.41) is 0. The summed E-state index contributed by atoms with van der Waals surface area (Å²) in [5.41, 5.74) is -0.225. The second-order valence-electron chi connectivity index (χ2n) is 8.09. The molecule has 1 aromatic carbocycles. The van der Waals surface area contributed by atoms with E-state index in [2.05, 4.69) is 9.97 Å². The topological polar surface area (TPSA) is 110 Å². The number of aromatic nitrogens is 2. The Morgan fingerprint density at radius 3 is 2.58 bits per heavy atom. The Hall–Kier alpha value is -2.85. The Balaban J connectivity index is 1.59. The summed E-state index contributed by atoms with van der Waals surface area (Å²) in [7, 11) is -3.90. The van der Waals surface area contributed by atoms with Gasteiger partial charge in [0.05, 0.1) is 19.3 Å². The van der Waals surface area contributed by atoms with E-state index in [-0.39, 0.29) is 41.1 Å². The molecule has 31 heavy (non-hydrogen) atoms. The van der Waals surface area contributed by atoms with Gasteiger partial charge in [0.1, 0.15) is 22.1 Å². The Morgan fingerprint density at radius 1 is 1.16 bits per heavy atom. The van der Waals surface area contributed by atoms with Crippen molar-refractivity contribution in [3.05, 3.63) is 48.5 Å². The number of hydrogen-bond acceptors (Lipinski definition) is 7. The fourth-order valence-corrected chi connectivity index (χ4v) is 5.81. The Labute approximate surface area is 181 Å². The standard InChI is InChI=1S/C21H24N4O5S/c1-16(26)13-25-14-21(15-30-18-4-2-3-5-19(18)31(25,28)29)6-10-24(11-7-21)20(27)17-12-22-8-9-23-17/h2-5,8-9,12H,6-7,10-11,13-15H2,1H3. The van der Waals surface area contributed by atoms with Crippen LogP contribution in [0.25, 0.3) is 0 Å². The number of carbonyl (C=O) groups is 2. The van der Waals surface area contributed by atoms with E-state index in [0.717, 1.165) is 0 Å². The van der Waals surface area contributed by atoms with Gasteiger partial charge in [0.25, 0.3) is 5.91 Å². The molecule has 0 aliphatic carbocycles. The first-order valence-corrected chi connectivity index (χ1v) is 11.5. The lowest BCUT2D eigenvalue weighted by Crippen LogP contribution is -2.53. The van der Waals surface area contributed by atoms with Crippen LogP contribution in [-0.2, 0) is 14.8 Å². The number of ether oxygens (including phenoxy) is 1. The molecule has 1 aromatic heterocycles. The van der Waals surface area contributed by atoms with Crippen LogP contribution in [0.3, 0.4) is 0 Å². The molecule has 3 heterocycles. The van der Waals surface area contributed by atoms with Crippen LogP contribution in [0.5, 0.6) is 5.75 Å². The first-order chi connectivity index (χ1) is 14.8. The van der Waals surface area contributed by atoms with Crippen molar-refractivity contribution < 1.29 is 22.7 Å². The summed E-state index contributed by atoms with van der Waals surface area (Å²) in [6.45, 7) is 2.53. The maximum Gasteiger partial charge on any atom is 0.274 e. The number of benzene rings is 1. The number of hydrogen-bond donors (Lipinski definition) is 0. The minimum absolute atomic E-state index is 0.0707. The van der Waals surface area contributed by atoms with Crippen molar-refractivity contribution in [2.24, 2.45) is 5.41 Å². The predicted molar refractivity (Wildman–Crippen MR) is 111 cm³/mol. The monoisotopic (exact) mass is 444 g/mol. The zero-order valence-corrected chi connectivity index (χ0v) is 18.0. The fraction of sp³-hybridized carbons (Fsp3) is 0.429. The third-order valence-corrected chi connectivity index (χ3v) is 7.64. The SMILES string of the molecule is CC(=O)CN1CC2(CCN(C(=O)c3cnccn3)CC2)COc2ccccc2S1(=O)=O. The molecule has 10 heteroatoms. The zero-order valence-electron chi connectivity index (χ0n) is 17.2. The summed E-state index contributed by atoms with van der Waals surface area (Å²) in [5.74, 6) is -0.144. The average molecular weight is 445 g/mol. The van der Waals surface area contributed by atoms with E-state index >= 15 is 0 Å². The number of likely N-dealkylation sites (tertiary alicyclic amines) is 1. The number of carbonyl (C=O) groups excluding carboxylic acids is 2. The highest BCUT2D eigenvalue weighted by atomic mass is 32.2. The highest BCUT2D eigenvalue weighted by Gasteiger charge is 2.44. The number of amides is 1. The van der Waals surface area contributed by atoms with Crippen LogP contribution in [0, 0.1) is 5.41 Å². The van der Waals surface area contributed by atoms with E-state index in [1.807, 2.05) is 0 Å². The van der Waals surface area contributed by atoms with Crippen LogP contribution in [0.1, 0.15) is 30.3 Å². The highest BCUT2D eigenvalue weighted by Crippen LogP contribution is 2.39. The van der Waals surface area contributed by atoms with Gasteiger partial charge in [-0.3, -0.25) is 14.6 Å². The van der Waals surface area contributed by atoms with Crippen molar-refractivity contribution >= 4 is 21.7 Å². The Bertz CT molecular complexity index is 1080. The zero-order chi connectivity index (χ0) is 22.1. The summed E-state index contributed by atoms with van der Waals surface area (Å²) < 4.78 is 33.9. The molecular formula is C21H24N4O5S. The molecule has 1 fully saturated rings. The lowest BCUT2D eigenvalue weighted by atomic mass is 9.78. The van der Waals surface area contributed by atoms with Gasteiger partial charge in [-0.1, -0.05) is 12.1 Å². The van der Waals surface area contributed by atoms with Crippen molar-refractivity contribution in [3.63, 3.8) is 0 Å². The van der Waals surface area contributed by atoms with Gasteiger partial charge in [0.15, 0.2) is 0 Å². The quantitative estimate of drug-likeness (QED) is 0.703. The number of Topliss-reactive ketones (excluding diaryl/α,β-unsaturated/α-hetero) is 1. The lowest BCUT2D eigenvalue weighted by molar-refractivity contribution is -0.117. The number of para-hydroxylation sites is 1. The minimum Gasteiger partial charge on any atom is -0.492 e. The smallest absolute Gasteiger partial charge is 0.274 e. The van der Waals surface area contributed by atoms with Crippen molar-refractivity contribution in [1.82, 2.24) is 19.2 Å². The number of rotatable bonds is 3. The van der Waals surface area contributed by atoms with Gasteiger partial charge in [-0.05, 0) is 31.9 Å². The molecule has 2 aliphatic heterocycles. The van der Waals surface area contributed by atoms with Crippen LogP contribution in [-0.4, -0.2) is 72.1 Å². The third-order valence-electron chi connectivity index (χ3n) is 5.81. The molecule has 0 unspecified atom stereocenters. The van der Waals surface area contributed by atoms with Crippen molar-refractivity contribution in [2.45, 2.75) is 24.7 Å². The average Bonchev–Trinajstić information content (AvgIpc) is 2.77. The van der Waals surface area contributed by atoms with E-state index in [0.29, 0.717) is 32.5 Å². The number of fused-ring (bicyclic) bond motifs is 1. The van der Waals surface area contributed by atoms with Crippen LogP contribution < -0.4 is 4.74 Å². The molecule has 0 radical (unpaired) electrons. The van der Waals surface area contributed by atoms with E-state index in [1.54, 1.807) is 23.1 Å². The number of nitrogens with zero attached hydrogens (tertiary/aromatic N) is 4. The van der Waals surface area contributed by atoms with Gasteiger partial charge in [0, 0.05) is 37.4 Å². The Morgan fingerprint density at radius 2 is 1.90 bits per heavy atom. The minimum atomic E-state index is -3.90. The van der Waals surface area contributed by atoms with Crippen LogP contribution in [0.15, 0.2) is 47.8 Å². The maximum absolute atomic E-state index is 13.3. The molecular weight excluding hydrogens is 420 g/mol. The molecule has 4 rings (SSSR count). The third kappa shape index (κ3) is 4.31. The molecule has 2 aromatic rings. The molecule has 1 amide bonds. The summed E-state index contributed by atoms with van der Waals surface area (Å²) in [6.07, 6.45) is 5.51. The normalized spacial score (nSPS) is 20.2. The van der Waals surface area contributed by atoms with Crippen LogP contribution in [0.4, 0.5) is 0 Å². The second kappa shape index (κ2) is 8.35. The predicted octanol–water partition coefficient (Wildman–Crippen LogP) is 1.37. The molecule has 1 saturated heterocycles. The molecule has 9 nitrogen and oxygen atoms in total. The molecule has 0 bridgehead atoms. The van der Waals surface area contributed by atoms with E-state index < -0.39 is 15.4 Å². The fourth-order valence-electron chi connectivity index (χ4n) is 4.10. The van der Waals surface area contributed by atoms with Crippen LogP contribution >= 0.6 is 0 Å². The first-order valence-electron chi connectivity index (χ1n) is 10.1. The van der Waals surface area contributed by atoms with Gasteiger partial charge < -0.3 is 9.64 Å². The van der Waals surface area contributed by atoms with Crippen molar-refractivity contribution in [3.8, 4) is 5.75 Å². The first kappa shape index (κ1) is 21.4. The van der Waals surface area contributed by atoms with Gasteiger partial charge in [0.2, 0.25) is 10.0 Å². The second-order valence-corrected chi connectivity index (χ2v) is 10.00. The Kier molecular flexibility index (Phi) is 5.76. The van der Waals surface area contributed by atoms with Gasteiger partial charge in [-0.25, -0.2) is 13.4 Å². The van der Waals surface area contributed by atoms with Crippen molar-refractivity contribution in [2.75, 3.05) is 32.8 Å². The van der Waals surface area contributed by atoms with Crippen molar-refractivity contribution in [1.29, 1.82) is 0 Å². The molecule has 164 valence electrons. The number of piperidine rings is 1. The van der Waals surface area contributed by atoms with Crippen LogP contribution in [0.2, 0.25) is 0 Å². The summed E-state index contributed by atoms with van der Waals surface area (Å²) >= 11 is 0. The van der Waals surface area contributed by atoms with E-state index in [9.17, 15) is 18.0 Å². The van der Waals surface area contributed by atoms with Gasteiger partial charge in [-0.2, -0.15) is 4.31 Å². The summed E-state index contributed by atoms with van der Waals surface area (Å²) in [4.78, 5) is 34.4. The van der Waals surface area contributed by atoms with Gasteiger partial charge in [-0.15, -0.1) is 0 Å². The molecule has 1 spiro atoms. The summed E-state index contributed by atoms with van der Waals surface area (Å²) in [6, 6.07) is 6.49. The molecule has 2 aliphatic rings. The number of ketones is 1. The molecule has 0 atom stereocenters. The molecule has 0 N–H and O–H groups in total. The largest absolute Gasteiger partial charge is 0.492 e. The highest BCUT2D eigenvalue weighted by molar-refractivity contribution is 7.89.